The molecule has 196 valence electrons. The number of ether oxygens (including phenoxy) is 1. The maximum Gasteiger partial charge on any atom is 0.244 e. The van der Waals surface area contributed by atoms with Crippen LogP contribution < -0.4 is 14.4 Å². The van der Waals surface area contributed by atoms with Crippen LogP contribution in [-0.4, -0.2) is 57.6 Å². The molecule has 0 radical (unpaired) electrons. The molecule has 0 aromatic heterocycles. The zero-order chi connectivity index (χ0) is 26.8. The van der Waals surface area contributed by atoms with Gasteiger partial charge in [-0.3, -0.25) is 13.9 Å². The predicted octanol–water partition coefficient (Wildman–Crippen LogP) is 3.24. The van der Waals surface area contributed by atoms with E-state index in [0.717, 1.165) is 21.7 Å². The number of hydrogen-bond acceptors (Lipinski definition) is 5. The van der Waals surface area contributed by atoms with E-state index in [4.69, 9.17) is 4.74 Å². The summed E-state index contributed by atoms with van der Waals surface area (Å²) >= 11 is 0. The van der Waals surface area contributed by atoms with Crippen molar-refractivity contribution >= 4 is 27.5 Å². The quantitative estimate of drug-likeness (QED) is 0.393. The molecule has 0 fully saturated rings. The van der Waals surface area contributed by atoms with Crippen molar-refractivity contribution in [3.63, 3.8) is 0 Å². The van der Waals surface area contributed by atoms with Gasteiger partial charge in [-0.05, 0) is 42.3 Å². The fraction of sp³-hybridized carbons (Fsp3) is 0.286. The molecule has 0 aliphatic rings. The number of benzene rings is 3. The molecule has 1 N–H and O–H groups in total. The molecule has 9 heteroatoms. The van der Waals surface area contributed by atoms with E-state index in [2.05, 4.69) is 5.32 Å². The smallest absolute Gasteiger partial charge is 0.244 e. The van der Waals surface area contributed by atoms with Crippen LogP contribution in [0.2, 0.25) is 0 Å². The van der Waals surface area contributed by atoms with Crippen LogP contribution in [0.1, 0.15) is 18.1 Å². The summed E-state index contributed by atoms with van der Waals surface area (Å²) in [5.74, 6) is -0.225. The van der Waals surface area contributed by atoms with E-state index in [1.165, 1.54) is 12.0 Å². The molecule has 3 rings (SSSR count). The van der Waals surface area contributed by atoms with E-state index < -0.39 is 28.5 Å². The van der Waals surface area contributed by atoms with Crippen LogP contribution in [0.5, 0.6) is 5.75 Å². The third-order valence-electron chi connectivity index (χ3n) is 5.86. The number of carbonyl (C=O) groups is 2. The van der Waals surface area contributed by atoms with Gasteiger partial charge < -0.3 is 15.0 Å². The lowest BCUT2D eigenvalue weighted by Gasteiger charge is -2.33. The molecule has 0 spiro atoms. The summed E-state index contributed by atoms with van der Waals surface area (Å²) in [6.45, 7) is 1.91. The summed E-state index contributed by atoms with van der Waals surface area (Å²) in [6, 6.07) is 24.4. The fourth-order valence-electron chi connectivity index (χ4n) is 3.99. The van der Waals surface area contributed by atoms with Crippen LogP contribution in [0.4, 0.5) is 5.69 Å². The number of rotatable bonds is 12. The number of nitrogens with zero attached hydrogens (tertiary/aromatic N) is 2. The van der Waals surface area contributed by atoms with Gasteiger partial charge in [-0.2, -0.15) is 0 Å². The van der Waals surface area contributed by atoms with Crippen molar-refractivity contribution in [1.82, 2.24) is 10.2 Å². The van der Waals surface area contributed by atoms with Gasteiger partial charge in [-0.1, -0.05) is 60.7 Å². The Kier molecular flexibility index (Phi) is 9.68. The Morgan fingerprint density at radius 3 is 1.97 bits per heavy atom. The van der Waals surface area contributed by atoms with Crippen LogP contribution in [0.15, 0.2) is 84.9 Å². The molecular formula is C28H33N3O5S. The Balaban J connectivity index is 2.00. The molecule has 0 aliphatic carbocycles. The minimum Gasteiger partial charge on any atom is -0.497 e. The largest absolute Gasteiger partial charge is 0.497 e. The number of anilines is 1. The SMILES string of the molecule is CCNC(=O)[C@H](Cc1ccccc1)N(Cc1ccccc1)C(=O)CN(c1ccc(OC)cc1)S(C)(=O)=O. The monoisotopic (exact) mass is 523 g/mol. The molecule has 0 bridgehead atoms. The summed E-state index contributed by atoms with van der Waals surface area (Å²) in [6.07, 6.45) is 1.34. The first-order valence-corrected chi connectivity index (χ1v) is 13.8. The Bertz CT molecular complexity index is 1270. The summed E-state index contributed by atoms with van der Waals surface area (Å²) < 4.78 is 31.7. The third kappa shape index (κ3) is 7.82. The second-order valence-electron chi connectivity index (χ2n) is 8.57. The molecule has 8 nitrogen and oxygen atoms in total. The van der Waals surface area contributed by atoms with E-state index in [1.807, 2.05) is 67.6 Å². The third-order valence-corrected chi connectivity index (χ3v) is 7.00. The average Bonchev–Trinajstić information content (AvgIpc) is 2.90. The van der Waals surface area contributed by atoms with E-state index in [-0.39, 0.29) is 18.9 Å². The normalized spacial score (nSPS) is 11.9. The lowest BCUT2D eigenvalue weighted by Crippen LogP contribution is -2.53. The highest BCUT2D eigenvalue weighted by Gasteiger charge is 2.32. The highest BCUT2D eigenvalue weighted by molar-refractivity contribution is 7.92. The first kappa shape index (κ1) is 27.7. The van der Waals surface area contributed by atoms with Gasteiger partial charge in [0.2, 0.25) is 21.8 Å². The maximum atomic E-state index is 13.9. The first-order chi connectivity index (χ1) is 17.7. The predicted molar refractivity (Wildman–Crippen MR) is 145 cm³/mol. The van der Waals surface area contributed by atoms with E-state index in [0.29, 0.717) is 18.0 Å². The summed E-state index contributed by atoms with van der Waals surface area (Å²) in [4.78, 5) is 28.6. The zero-order valence-electron chi connectivity index (χ0n) is 21.3. The molecule has 1 atom stereocenters. The van der Waals surface area contributed by atoms with Gasteiger partial charge in [0.25, 0.3) is 0 Å². The van der Waals surface area contributed by atoms with Crippen molar-refractivity contribution in [2.45, 2.75) is 25.9 Å². The molecule has 0 heterocycles. The number of methoxy groups -OCH3 is 1. The molecule has 0 aliphatic heterocycles. The maximum absolute atomic E-state index is 13.9. The summed E-state index contributed by atoms with van der Waals surface area (Å²) in [5, 5.41) is 2.84. The van der Waals surface area contributed by atoms with Crippen molar-refractivity contribution in [2.24, 2.45) is 0 Å². The molecule has 0 saturated carbocycles. The van der Waals surface area contributed by atoms with Crippen molar-refractivity contribution in [3.05, 3.63) is 96.1 Å². The lowest BCUT2D eigenvalue weighted by atomic mass is 10.0. The molecule has 0 saturated heterocycles. The van der Waals surface area contributed by atoms with Crippen molar-refractivity contribution in [1.29, 1.82) is 0 Å². The Labute approximate surface area is 218 Å². The number of carbonyl (C=O) groups excluding carboxylic acids is 2. The Hall–Kier alpha value is -3.85. The number of likely N-dealkylation sites (N-methyl/N-ethyl adjacent to an activating group) is 1. The standard InChI is InChI=1S/C28H33N3O5S/c1-4-29-28(33)26(19-22-11-7-5-8-12-22)30(20-23-13-9-6-10-14-23)27(32)21-31(37(3,34)35)24-15-17-25(36-2)18-16-24/h5-18,26H,4,19-21H2,1-3H3,(H,29,33)/t26-/m0/s1. The zero-order valence-corrected chi connectivity index (χ0v) is 22.1. The molecule has 0 unspecified atom stereocenters. The number of hydrogen-bond donors (Lipinski definition) is 1. The topological polar surface area (TPSA) is 96.0 Å². The average molecular weight is 524 g/mol. The summed E-state index contributed by atoms with van der Waals surface area (Å²) in [7, 11) is -2.29. The minimum atomic E-state index is -3.81. The Morgan fingerprint density at radius 2 is 1.46 bits per heavy atom. The molecule has 3 aromatic carbocycles. The van der Waals surface area contributed by atoms with Crippen LogP contribution in [0, 0.1) is 0 Å². The van der Waals surface area contributed by atoms with E-state index in [9.17, 15) is 18.0 Å². The first-order valence-electron chi connectivity index (χ1n) is 12.0. The summed E-state index contributed by atoms with van der Waals surface area (Å²) in [5.41, 5.74) is 2.04. The van der Waals surface area contributed by atoms with Gasteiger partial charge in [0, 0.05) is 19.5 Å². The van der Waals surface area contributed by atoms with Crippen LogP contribution >= 0.6 is 0 Å². The van der Waals surface area contributed by atoms with E-state index in [1.54, 1.807) is 24.3 Å². The lowest BCUT2D eigenvalue weighted by molar-refractivity contribution is -0.140. The van der Waals surface area contributed by atoms with Crippen LogP contribution in [0.25, 0.3) is 0 Å². The van der Waals surface area contributed by atoms with Crippen molar-refractivity contribution in [2.75, 3.05) is 30.8 Å². The van der Waals surface area contributed by atoms with Crippen LogP contribution in [0.3, 0.4) is 0 Å². The number of nitrogens with one attached hydrogen (secondary N) is 1. The van der Waals surface area contributed by atoms with Gasteiger partial charge in [-0.15, -0.1) is 0 Å². The molecular weight excluding hydrogens is 490 g/mol. The van der Waals surface area contributed by atoms with E-state index >= 15 is 0 Å². The van der Waals surface area contributed by atoms with Gasteiger partial charge in [-0.25, -0.2) is 8.42 Å². The van der Waals surface area contributed by atoms with Gasteiger partial charge in [0.15, 0.2) is 0 Å². The van der Waals surface area contributed by atoms with Gasteiger partial charge >= 0.3 is 0 Å². The molecule has 2 amide bonds. The van der Waals surface area contributed by atoms with Crippen molar-refractivity contribution in [3.8, 4) is 5.75 Å². The van der Waals surface area contributed by atoms with Gasteiger partial charge in [0.05, 0.1) is 19.1 Å². The number of amides is 2. The second-order valence-corrected chi connectivity index (χ2v) is 10.5. The fourth-order valence-corrected chi connectivity index (χ4v) is 4.84. The van der Waals surface area contributed by atoms with Crippen molar-refractivity contribution < 1.29 is 22.7 Å². The Morgan fingerprint density at radius 1 is 0.892 bits per heavy atom. The highest BCUT2D eigenvalue weighted by atomic mass is 32.2. The number of sulfonamides is 1. The second kappa shape index (κ2) is 12.9. The van der Waals surface area contributed by atoms with Gasteiger partial charge in [0.1, 0.15) is 18.3 Å². The minimum absolute atomic E-state index is 0.147. The molecule has 3 aromatic rings. The molecule has 37 heavy (non-hydrogen) atoms. The van der Waals surface area contributed by atoms with Crippen LogP contribution in [-0.2, 0) is 32.6 Å². The highest BCUT2D eigenvalue weighted by Crippen LogP contribution is 2.23.